The number of amides is 2. The SMILES string of the molecule is Cc1cc(N2CCN(C(=O)C(NC(=O)c3ccc(F)cc3)C(C)C)CC2)n2ncnc2n1. The fourth-order valence-corrected chi connectivity index (χ4v) is 3.83. The van der Waals surface area contributed by atoms with Crippen LogP contribution in [0.1, 0.15) is 29.9 Å². The number of hydrogen-bond acceptors (Lipinski definition) is 6. The Morgan fingerprint density at radius 2 is 1.78 bits per heavy atom. The molecule has 3 aromatic rings. The van der Waals surface area contributed by atoms with Gasteiger partial charge in [-0.3, -0.25) is 9.59 Å². The first kappa shape index (κ1) is 21.7. The Morgan fingerprint density at radius 1 is 1.09 bits per heavy atom. The Morgan fingerprint density at radius 3 is 2.44 bits per heavy atom. The van der Waals surface area contributed by atoms with Crippen molar-refractivity contribution in [3.63, 3.8) is 0 Å². The molecule has 1 aliphatic rings. The molecule has 3 heterocycles. The third-order valence-electron chi connectivity index (χ3n) is 5.60. The van der Waals surface area contributed by atoms with Crippen LogP contribution in [0.4, 0.5) is 10.2 Å². The second-order valence-corrected chi connectivity index (χ2v) is 8.24. The van der Waals surface area contributed by atoms with Crippen LogP contribution in [0.3, 0.4) is 0 Å². The van der Waals surface area contributed by atoms with Gasteiger partial charge in [-0.05, 0) is 37.1 Å². The fourth-order valence-electron chi connectivity index (χ4n) is 3.83. The first-order valence-corrected chi connectivity index (χ1v) is 10.6. The Balaban J connectivity index is 1.43. The number of carbonyl (C=O) groups is 2. The number of anilines is 1. The van der Waals surface area contributed by atoms with E-state index >= 15 is 0 Å². The van der Waals surface area contributed by atoms with Gasteiger partial charge in [0.25, 0.3) is 11.7 Å². The zero-order chi connectivity index (χ0) is 22.8. The number of carbonyl (C=O) groups excluding carboxylic acids is 2. The van der Waals surface area contributed by atoms with Gasteiger partial charge < -0.3 is 15.1 Å². The fraction of sp³-hybridized carbons (Fsp3) is 0.409. The van der Waals surface area contributed by atoms with Crippen molar-refractivity contribution in [2.24, 2.45) is 5.92 Å². The highest BCUT2D eigenvalue weighted by molar-refractivity contribution is 5.97. The van der Waals surface area contributed by atoms with Gasteiger partial charge in [0.05, 0.1) is 0 Å². The van der Waals surface area contributed by atoms with Crippen molar-refractivity contribution in [1.82, 2.24) is 29.8 Å². The van der Waals surface area contributed by atoms with Crippen LogP contribution < -0.4 is 10.2 Å². The lowest BCUT2D eigenvalue weighted by Gasteiger charge is -2.38. The molecule has 4 rings (SSSR count). The Hall–Kier alpha value is -3.56. The first-order valence-electron chi connectivity index (χ1n) is 10.6. The number of aryl methyl sites for hydroxylation is 1. The number of benzene rings is 1. The van der Waals surface area contributed by atoms with Crippen molar-refractivity contribution in [3.05, 3.63) is 53.7 Å². The Kier molecular flexibility index (Phi) is 6.02. The molecule has 2 aromatic heterocycles. The molecule has 0 saturated carbocycles. The van der Waals surface area contributed by atoms with Gasteiger partial charge in [0.1, 0.15) is 24.0 Å². The van der Waals surface area contributed by atoms with Gasteiger partial charge in [0.15, 0.2) is 0 Å². The lowest BCUT2D eigenvalue weighted by molar-refractivity contribution is -0.134. The summed E-state index contributed by atoms with van der Waals surface area (Å²) in [6.07, 6.45) is 1.47. The van der Waals surface area contributed by atoms with E-state index in [4.69, 9.17) is 0 Å². The number of rotatable bonds is 5. The van der Waals surface area contributed by atoms with Gasteiger partial charge in [-0.1, -0.05) is 13.8 Å². The van der Waals surface area contributed by atoms with Crippen molar-refractivity contribution >= 4 is 23.4 Å². The van der Waals surface area contributed by atoms with Crippen LogP contribution in [-0.2, 0) is 4.79 Å². The molecule has 1 atom stereocenters. The first-order chi connectivity index (χ1) is 15.3. The lowest BCUT2D eigenvalue weighted by atomic mass is 10.0. The normalized spacial score (nSPS) is 15.3. The minimum Gasteiger partial charge on any atom is -0.353 e. The summed E-state index contributed by atoms with van der Waals surface area (Å²) in [7, 11) is 0. The maximum Gasteiger partial charge on any atom is 0.254 e. The molecular weight excluding hydrogens is 413 g/mol. The van der Waals surface area contributed by atoms with Gasteiger partial charge in [0, 0.05) is 43.5 Å². The van der Waals surface area contributed by atoms with Crippen molar-refractivity contribution in [3.8, 4) is 0 Å². The highest BCUT2D eigenvalue weighted by Gasteiger charge is 2.31. The molecule has 1 N–H and O–H groups in total. The summed E-state index contributed by atoms with van der Waals surface area (Å²) < 4.78 is 14.8. The average Bonchev–Trinajstić information content (AvgIpc) is 3.25. The van der Waals surface area contributed by atoms with Crippen molar-refractivity contribution in [2.75, 3.05) is 31.1 Å². The van der Waals surface area contributed by atoms with Crippen LogP contribution in [0.25, 0.3) is 5.78 Å². The Bertz CT molecular complexity index is 1120. The molecule has 0 bridgehead atoms. The molecule has 1 unspecified atom stereocenters. The zero-order valence-electron chi connectivity index (χ0n) is 18.3. The largest absolute Gasteiger partial charge is 0.353 e. The number of aromatic nitrogens is 4. The van der Waals surface area contributed by atoms with Crippen molar-refractivity contribution in [2.45, 2.75) is 26.8 Å². The quantitative estimate of drug-likeness (QED) is 0.650. The summed E-state index contributed by atoms with van der Waals surface area (Å²) >= 11 is 0. The highest BCUT2D eigenvalue weighted by Crippen LogP contribution is 2.19. The molecule has 168 valence electrons. The monoisotopic (exact) mass is 439 g/mol. The molecular formula is C22H26FN7O2. The molecule has 1 aromatic carbocycles. The predicted molar refractivity (Wildman–Crippen MR) is 117 cm³/mol. The van der Waals surface area contributed by atoms with E-state index in [0.717, 1.165) is 11.5 Å². The van der Waals surface area contributed by atoms with E-state index in [1.165, 1.54) is 30.6 Å². The molecule has 9 nitrogen and oxygen atoms in total. The van der Waals surface area contributed by atoms with Gasteiger partial charge in [-0.2, -0.15) is 14.6 Å². The summed E-state index contributed by atoms with van der Waals surface area (Å²) in [4.78, 5) is 38.3. The standard InChI is InChI=1S/C22H26FN7O2/c1-14(2)19(27-20(31)16-4-6-17(23)7-5-16)21(32)29-10-8-28(9-11-29)18-12-15(3)26-22-24-13-25-30(18)22/h4-7,12-14,19H,8-11H2,1-3H3,(H,27,31). The van der Waals surface area contributed by atoms with E-state index in [0.29, 0.717) is 37.5 Å². The van der Waals surface area contributed by atoms with E-state index in [9.17, 15) is 14.0 Å². The number of nitrogens with one attached hydrogen (secondary N) is 1. The summed E-state index contributed by atoms with van der Waals surface area (Å²) in [5.41, 5.74) is 1.17. The molecule has 1 saturated heterocycles. The minimum absolute atomic E-state index is 0.0949. The van der Waals surface area contributed by atoms with E-state index in [1.54, 1.807) is 9.42 Å². The zero-order valence-corrected chi connectivity index (χ0v) is 18.3. The van der Waals surface area contributed by atoms with Crippen LogP contribution in [0.15, 0.2) is 36.7 Å². The van der Waals surface area contributed by atoms with Gasteiger partial charge >= 0.3 is 0 Å². The minimum atomic E-state index is -0.663. The van der Waals surface area contributed by atoms with Crippen molar-refractivity contribution in [1.29, 1.82) is 0 Å². The van der Waals surface area contributed by atoms with E-state index in [-0.39, 0.29) is 11.8 Å². The second-order valence-electron chi connectivity index (χ2n) is 8.24. The van der Waals surface area contributed by atoms with Gasteiger partial charge in [0.2, 0.25) is 5.91 Å². The maximum absolute atomic E-state index is 13.2. The second kappa shape index (κ2) is 8.89. The van der Waals surface area contributed by atoms with E-state index < -0.39 is 17.8 Å². The summed E-state index contributed by atoms with van der Waals surface area (Å²) in [5.74, 6) is 0.415. The molecule has 0 radical (unpaired) electrons. The lowest BCUT2D eigenvalue weighted by Crippen LogP contribution is -2.56. The molecule has 1 aliphatic heterocycles. The molecule has 10 heteroatoms. The van der Waals surface area contributed by atoms with Gasteiger partial charge in [-0.15, -0.1) is 0 Å². The molecule has 32 heavy (non-hydrogen) atoms. The maximum atomic E-state index is 13.2. The summed E-state index contributed by atoms with van der Waals surface area (Å²) in [6.45, 7) is 7.99. The molecule has 0 aliphatic carbocycles. The smallest absolute Gasteiger partial charge is 0.254 e. The molecule has 0 spiro atoms. The van der Waals surface area contributed by atoms with Crippen LogP contribution in [0.2, 0.25) is 0 Å². The Labute approximate surface area is 185 Å². The number of hydrogen-bond donors (Lipinski definition) is 1. The van der Waals surface area contributed by atoms with Crippen LogP contribution in [0.5, 0.6) is 0 Å². The van der Waals surface area contributed by atoms with E-state index in [1.807, 2.05) is 26.8 Å². The molecule has 1 fully saturated rings. The number of fused-ring (bicyclic) bond motifs is 1. The summed E-state index contributed by atoms with van der Waals surface area (Å²) in [6, 6.07) is 6.57. The van der Waals surface area contributed by atoms with Crippen LogP contribution in [-0.4, -0.2) is 68.5 Å². The number of halogens is 1. The predicted octanol–water partition coefficient (Wildman–Crippen LogP) is 1.68. The van der Waals surface area contributed by atoms with Crippen LogP contribution in [0, 0.1) is 18.7 Å². The van der Waals surface area contributed by atoms with Crippen molar-refractivity contribution < 1.29 is 14.0 Å². The topological polar surface area (TPSA) is 95.7 Å². The third-order valence-corrected chi connectivity index (χ3v) is 5.60. The summed E-state index contributed by atoms with van der Waals surface area (Å²) in [5, 5.41) is 7.08. The number of piperazine rings is 1. The third kappa shape index (κ3) is 4.39. The van der Waals surface area contributed by atoms with Gasteiger partial charge in [-0.25, -0.2) is 9.37 Å². The molecule has 2 amide bonds. The van der Waals surface area contributed by atoms with E-state index in [2.05, 4.69) is 25.3 Å². The van der Waals surface area contributed by atoms with Crippen LogP contribution >= 0.6 is 0 Å². The number of nitrogens with zero attached hydrogens (tertiary/aromatic N) is 6. The highest BCUT2D eigenvalue weighted by atomic mass is 19.1. The average molecular weight is 439 g/mol.